The van der Waals surface area contributed by atoms with E-state index in [-0.39, 0.29) is 17.1 Å². The average Bonchev–Trinajstić information content (AvgIpc) is 2.99. The van der Waals surface area contributed by atoms with Gasteiger partial charge in [-0.05, 0) is 0 Å². The van der Waals surface area contributed by atoms with E-state index in [0.29, 0.717) is 0 Å². The van der Waals surface area contributed by atoms with Crippen LogP contribution in [0.3, 0.4) is 0 Å². The zero-order valence-electron chi connectivity index (χ0n) is 11.5. The molecule has 0 aromatic carbocycles. The van der Waals surface area contributed by atoms with Crippen molar-refractivity contribution in [3.05, 3.63) is 16.7 Å². The number of hydrogen-bond acceptors (Lipinski definition) is 8. The van der Waals surface area contributed by atoms with Crippen LogP contribution in [0.4, 0.5) is 5.95 Å². The van der Waals surface area contributed by atoms with Crippen molar-refractivity contribution < 1.29 is 29.3 Å². The second kappa shape index (κ2) is 5.09. The Bertz CT molecular complexity index is 859. The molecule has 3 rings (SSSR count). The molecule has 1 saturated heterocycles. The number of fused-ring (bicyclic) bond motifs is 1. The number of ether oxygens (including phenoxy) is 1. The summed E-state index contributed by atoms with van der Waals surface area (Å²) < 4.78 is 18.1. The zero-order valence-corrected chi connectivity index (χ0v) is 12.4. The van der Waals surface area contributed by atoms with E-state index in [1.54, 1.807) is 0 Å². The Hall–Kier alpha value is -1.82. The molecule has 0 bridgehead atoms. The predicted octanol–water partition coefficient (Wildman–Crippen LogP) is -2.15. The van der Waals surface area contributed by atoms with Crippen LogP contribution < -0.4 is 11.3 Å². The van der Waals surface area contributed by atoms with E-state index in [2.05, 4.69) is 15.0 Å². The lowest BCUT2D eigenvalue weighted by atomic mass is 10.2. The molecule has 1 fully saturated rings. The monoisotopic (exact) mass is 347 g/mol. The summed E-state index contributed by atoms with van der Waals surface area (Å²) in [4.78, 5) is 40.4. The summed E-state index contributed by atoms with van der Waals surface area (Å²) in [6.07, 6.45) is -1.95. The molecule has 1 aliphatic rings. The Labute approximate surface area is 127 Å². The summed E-state index contributed by atoms with van der Waals surface area (Å²) in [7, 11) is -4.99. The molecule has 0 amide bonds. The number of nitrogens with zero attached hydrogens (tertiary/aromatic N) is 3. The molecule has 0 radical (unpaired) electrons. The number of aliphatic hydroxyl groups is 2. The van der Waals surface area contributed by atoms with Crippen LogP contribution in [0.15, 0.2) is 11.1 Å². The number of aromatic nitrogens is 4. The SMILES string of the molecule is Nc1nc2c(ncn2[C@H]2C[C@](O)(P(=O)(O)O)[C@@H](CO)O2)c(=O)[nH]1. The summed E-state index contributed by atoms with van der Waals surface area (Å²) in [6, 6.07) is 0. The molecule has 0 saturated carbocycles. The molecule has 3 atom stereocenters. The molecule has 13 heteroatoms. The highest BCUT2D eigenvalue weighted by molar-refractivity contribution is 7.53. The highest BCUT2D eigenvalue weighted by Crippen LogP contribution is 2.58. The number of nitrogen functional groups attached to an aromatic ring is 1. The predicted molar refractivity (Wildman–Crippen MR) is 75.2 cm³/mol. The number of anilines is 1. The van der Waals surface area contributed by atoms with Gasteiger partial charge in [0, 0.05) is 6.42 Å². The summed E-state index contributed by atoms with van der Waals surface area (Å²) in [5, 5.41) is 16.9. The normalized spacial score (nSPS) is 28.5. The summed E-state index contributed by atoms with van der Waals surface area (Å²) in [5.74, 6) is -0.175. The Morgan fingerprint density at radius 1 is 1.57 bits per heavy atom. The van der Waals surface area contributed by atoms with Gasteiger partial charge in [-0.2, -0.15) is 4.98 Å². The molecule has 12 nitrogen and oxygen atoms in total. The van der Waals surface area contributed by atoms with E-state index in [0.717, 1.165) is 0 Å². The lowest BCUT2D eigenvalue weighted by Gasteiger charge is -2.27. The van der Waals surface area contributed by atoms with Gasteiger partial charge in [-0.1, -0.05) is 0 Å². The highest BCUT2D eigenvalue weighted by Gasteiger charge is 2.59. The Morgan fingerprint density at radius 2 is 2.26 bits per heavy atom. The number of aliphatic hydroxyl groups excluding tert-OH is 1. The first-order chi connectivity index (χ1) is 10.7. The van der Waals surface area contributed by atoms with E-state index >= 15 is 0 Å². The van der Waals surface area contributed by atoms with Crippen molar-refractivity contribution in [3.8, 4) is 0 Å². The minimum atomic E-state index is -4.99. The smallest absolute Gasteiger partial charge is 0.359 e. The molecule has 23 heavy (non-hydrogen) atoms. The van der Waals surface area contributed by atoms with E-state index < -0.39 is 43.9 Å². The number of rotatable bonds is 3. The summed E-state index contributed by atoms with van der Waals surface area (Å²) in [5.41, 5.74) is 4.86. The molecule has 126 valence electrons. The standard InChI is InChI=1S/C10H14N5O7P/c11-9-13-7-6(8(17)14-9)12-3-15(7)5-1-10(18,23(19,20)21)4(2-16)22-5/h3-5,16,18H,1-2H2,(H2,19,20,21)(H3,11,13,14,17)/t4-,5-,10+/m1/s1. The van der Waals surface area contributed by atoms with E-state index in [9.17, 15) is 29.4 Å². The van der Waals surface area contributed by atoms with Gasteiger partial charge >= 0.3 is 7.60 Å². The third kappa shape index (κ3) is 2.36. The van der Waals surface area contributed by atoms with Crippen LogP contribution in [0.25, 0.3) is 11.2 Å². The van der Waals surface area contributed by atoms with Crippen LogP contribution in [0.1, 0.15) is 12.6 Å². The van der Waals surface area contributed by atoms with E-state index in [4.69, 9.17) is 10.5 Å². The molecule has 0 spiro atoms. The quantitative estimate of drug-likeness (QED) is 0.333. The second-order valence-corrected chi connectivity index (χ2v) is 7.03. The second-order valence-electron chi connectivity index (χ2n) is 5.16. The zero-order chi connectivity index (χ0) is 17.0. The van der Waals surface area contributed by atoms with Gasteiger partial charge in [-0.3, -0.25) is 18.9 Å². The van der Waals surface area contributed by atoms with E-state index in [1.807, 2.05) is 0 Å². The first-order valence-corrected chi connectivity index (χ1v) is 8.05. The number of hydrogen-bond donors (Lipinski definition) is 6. The fourth-order valence-electron chi connectivity index (χ4n) is 2.55. The summed E-state index contributed by atoms with van der Waals surface area (Å²) in [6.45, 7) is -0.805. The molecule has 2 aromatic rings. The third-order valence-electron chi connectivity index (χ3n) is 3.74. The van der Waals surface area contributed by atoms with Gasteiger partial charge in [-0.25, -0.2) is 4.98 Å². The maximum atomic E-state index is 11.7. The van der Waals surface area contributed by atoms with Crippen molar-refractivity contribution >= 4 is 24.7 Å². The number of nitrogens with two attached hydrogens (primary N) is 1. The minimum Gasteiger partial charge on any atom is -0.394 e. The average molecular weight is 347 g/mol. The fourth-order valence-corrected chi connectivity index (χ4v) is 3.46. The molecule has 0 aliphatic carbocycles. The number of imidazole rings is 1. The van der Waals surface area contributed by atoms with Gasteiger partial charge in [0.2, 0.25) is 5.95 Å². The Balaban J connectivity index is 2.08. The van der Waals surface area contributed by atoms with Gasteiger partial charge in [0.25, 0.3) is 5.56 Å². The van der Waals surface area contributed by atoms with Gasteiger partial charge in [0.1, 0.15) is 12.3 Å². The molecule has 3 heterocycles. The Kier molecular flexibility index (Phi) is 3.55. The minimum absolute atomic E-state index is 0.0305. The van der Waals surface area contributed by atoms with Crippen LogP contribution in [0.2, 0.25) is 0 Å². The van der Waals surface area contributed by atoms with Crippen LogP contribution in [0, 0.1) is 0 Å². The van der Waals surface area contributed by atoms with Crippen molar-refractivity contribution in [1.82, 2.24) is 19.5 Å². The van der Waals surface area contributed by atoms with Gasteiger partial charge < -0.3 is 30.5 Å². The van der Waals surface area contributed by atoms with Crippen LogP contribution in [-0.4, -0.2) is 57.6 Å². The molecule has 1 aliphatic heterocycles. The third-order valence-corrected chi connectivity index (χ3v) is 5.22. The molecular formula is C10H14N5O7P. The van der Waals surface area contributed by atoms with Gasteiger partial charge in [-0.15, -0.1) is 0 Å². The lowest BCUT2D eigenvalue weighted by Crippen LogP contribution is -2.40. The van der Waals surface area contributed by atoms with Crippen molar-refractivity contribution in [2.24, 2.45) is 0 Å². The molecule has 7 N–H and O–H groups in total. The van der Waals surface area contributed by atoms with E-state index in [1.165, 1.54) is 10.9 Å². The van der Waals surface area contributed by atoms with Crippen LogP contribution in [0.5, 0.6) is 0 Å². The maximum absolute atomic E-state index is 11.7. The van der Waals surface area contributed by atoms with Crippen LogP contribution in [-0.2, 0) is 9.30 Å². The highest BCUT2D eigenvalue weighted by atomic mass is 31.2. The van der Waals surface area contributed by atoms with Crippen molar-refractivity contribution in [2.45, 2.75) is 24.1 Å². The Morgan fingerprint density at radius 3 is 2.83 bits per heavy atom. The number of nitrogens with one attached hydrogen (secondary N) is 1. The molecule has 2 aromatic heterocycles. The van der Waals surface area contributed by atoms with Gasteiger partial charge in [0.05, 0.1) is 12.9 Å². The first-order valence-electron chi connectivity index (χ1n) is 6.44. The first kappa shape index (κ1) is 16.1. The van der Waals surface area contributed by atoms with Crippen LogP contribution >= 0.6 is 7.60 Å². The van der Waals surface area contributed by atoms with Crippen molar-refractivity contribution in [1.29, 1.82) is 0 Å². The largest absolute Gasteiger partial charge is 0.394 e. The number of H-pyrrole nitrogens is 1. The summed E-state index contributed by atoms with van der Waals surface area (Å²) >= 11 is 0. The van der Waals surface area contributed by atoms with Crippen molar-refractivity contribution in [2.75, 3.05) is 12.3 Å². The number of aromatic amines is 1. The fraction of sp³-hybridized carbons (Fsp3) is 0.500. The maximum Gasteiger partial charge on any atom is 0.359 e. The van der Waals surface area contributed by atoms with Crippen molar-refractivity contribution in [3.63, 3.8) is 0 Å². The lowest BCUT2D eigenvalue weighted by molar-refractivity contribution is -0.0594. The molecule has 0 unspecified atom stereocenters. The van der Waals surface area contributed by atoms with Gasteiger partial charge in [0.15, 0.2) is 16.5 Å². The topological polar surface area (TPSA) is 197 Å². The molecular weight excluding hydrogens is 333 g/mol.